The maximum atomic E-state index is 12.3. The van der Waals surface area contributed by atoms with Gasteiger partial charge in [-0.1, -0.05) is 24.4 Å². The zero-order chi connectivity index (χ0) is 14.8. The second kappa shape index (κ2) is 6.12. The molecule has 1 aromatic carbocycles. The highest BCUT2D eigenvalue weighted by Crippen LogP contribution is 2.26. The predicted octanol–water partition coefficient (Wildman–Crippen LogP) is 1.68. The van der Waals surface area contributed by atoms with Crippen LogP contribution in [-0.2, 0) is 0 Å². The van der Waals surface area contributed by atoms with Crippen molar-refractivity contribution in [1.29, 1.82) is 0 Å². The smallest absolute Gasteiger partial charge is 0.251 e. The second-order valence-corrected chi connectivity index (χ2v) is 6.41. The van der Waals surface area contributed by atoms with E-state index < -0.39 is 0 Å². The molecule has 2 aliphatic rings. The van der Waals surface area contributed by atoms with Gasteiger partial charge in [-0.05, 0) is 44.4 Å². The van der Waals surface area contributed by atoms with E-state index in [0.29, 0.717) is 22.6 Å². The molecule has 5 heteroatoms. The fraction of sp³-hybridized carbons (Fsp3) is 0.500. The molecular weight excluding hydrogens is 282 g/mol. The Morgan fingerprint density at radius 1 is 1.19 bits per heavy atom. The van der Waals surface area contributed by atoms with E-state index in [4.69, 9.17) is 18.0 Å². The van der Waals surface area contributed by atoms with Crippen LogP contribution in [0.4, 0.5) is 0 Å². The Bertz CT molecular complexity index is 543. The number of rotatable bonds is 3. The van der Waals surface area contributed by atoms with Crippen LogP contribution in [0.25, 0.3) is 0 Å². The van der Waals surface area contributed by atoms with Crippen molar-refractivity contribution in [3.8, 4) is 0 Å². The molecule has 2 heterocycles. The lowest BCUT2D eigenvalue weighted by Gasteiger charge is -2.35. The summed E-state index contributed by atoms with van der Waals surface area (Å²) >= 11 is 4.92. The van der Waals surface area contributed by atoms with E-state index in [-0.39, 0.29) is 5.91 Å². The highest BCUT2D eigenvalue weighted by atomic mass is 32.1. The van der Waals surface area contributed by atoms with Crippen molar-refractivity contribution < 1.29 is 4.79 Å². The molecule has 1 aromatic rings. The summed E-state index contributed by atoms with van der Waals surface area (Å²) in [5.41, 5.74) is 7.03. The van der Waals surface area contributed by atoms with Gasteiger partial charge in [-0.25, -0.2) is 0 Å². The normalized spacial score (nSPS) is 25.3. The first-order valence-corrected chi connectivity index (χ1v) is 7.99. The van der Waals surface area contributed by atoms with Crippen molar-refractivity contribution >= 4 is 23.1 Å². The molecule has 0 saturated carbocycles. The van der Waals surface area contributed by atoms with Crippen molar-refractivity contribution in [3.05, 3.63) is 35.4 Å². The fourth-order valence-electron chi connectivity index (χ4n) is 3.41. The Morgan fingerprint density at radius 2 is 1.90 bits per heavy atom. The molecule has 2 saturated heterocycles. The molecule has 2 unspecified atom stereocenters. The van der Waals surface area contributed by atoms with Crippen molar-refractivity contribution in [2.45, 2.75) is 37.8 Å². The molecule has 2 atom stereocenters. The van der Waals surface area contributed by atoms with Crippen LogP contribution < -0.4 is 11.1 Å². The number of nitrogens with one attached hydrogen (secondary N) is 1. The third-order valence-corrected chi connectivity index (χ3v) is 4.82. The molecule has 21 heavy (non-hydrogen) atoms. The first kappa shape index (κ1) is 14.5. The van der Waals surface area contributed by atoms with E-state index in [1.165, 1.54) is 19.4 Å². The minimum Gasteiger partial charge on any atom is -0.389 e. The van der Waals surface area contributed by atoms with Crippen molar-refractivity contribution in [2.75, 3.05) is 13.1 Å². The first-order valence-electron chi connectivity index (χ1n) is 7.58. The Hall–Kier alpha value is -1.46. The number of carbonyl (C=O) groups is 1. The molecule has 1 amide bonds. The Morgan fingerprint density at radius 3 is 2.62 bits per heavy atom. The first-order chi connectivity index (χ1) is 10.1. The number of hydrogen-bond acceptors (Lipinski definition) is 3. The van der Waals surface area contributed by atoms with Gasteiger partial charge >= 0.3 is 0 Å². The van der Waals surface area contributed by atoms with Gasteiger partial charge in [0.15, 0.2) is 0 Å². The summed E-state index contributed by atoms with van der Waals surface area (Å²) in [4.78, 5) is 15.2. The minimum atomic E-state index is 0.000867. The van der Waals surface area contributed by atoms with Gasteiger partial charge < -0.3 is 16.0 Å². The van der Waals surface area contributed by atoms with Gasteiger partial charge in [0, 0.05) is 29.8 Å². The number of piperidine rings is 1. The second-order valence-electron chi connectivity index (χ2n) is 5.97. The zero-order valence-corrected chi connectivity index (χ0v) is 12.9. The van der Waals surface area contributed by atoms with Crippen LogP contribution in [0.1, 0.15) is 41.6 Å². The van der Waals surface area contributed by atoms with Crippen LogP contribution >= 0.6 is 12.2 Å². The third-order valence-electron chi connectivity index (χ3n) is 4.59. The molecular formula is C16H21N3OS. The van der Waals surface area contributed by atoms with Crippen LogP contribution in [-0.4, -0.2) is 41.0 Å². The number of carbonyl (C=O) groups excluding carboxylic acids is 1. The maximum absolute atomic E-state index is 12.3. The van der Waals surface area contributed by atoms with Gasteiger partial charge in [0.2, 0.25) is 0 Å². The molecule has 4 nitrogen and oxygen atoms in total. The van der Waals surface area contributed by atoms with E-state index in [1.54, 1.807) is 24.3 Å². The molecule has 112 valence electrons. The largest absolute Gasteiger partial charge is 0.389 e. The lowest BCUT2D eigenvalue weighted by atomic mass is 9.97. The van der Waals surface area contributed by atoms with Crippen LogP contribution in [0.2, 0.25) is 0 Å². The molecule has 0 radical (unpaired) electrons. The number of amides is 1. The molecule has 0 spiro atoms. The Balaban J connectivity index is 1.59. The van der Waals surface area contributed by atoms with E-state index in [0.717, 1.165) is 24.9 Å². The fourth-order valence-corrected chi connectivity index (χ4v) is 3.55. The number of hydrogen-bond donors (Lipinski definition) is 2. The molecule has 0 aromatic heterocycles. The average Bonchev–Trinajstić information content (AvgIpc) is 2.95. The van der Waals surface area contributed by atoms with Crippen LogP contribution in [0.15, 0.2) is 24.3 Å². The van der Waals surface area contributed by atoms with Gasteiger partial charge in [-0.15, -0.1) is 0 Å². The monoisotopic (exact) mass is 303 g/mol. The highest BCUT2D eigenvalue weighted by Gasteiger charge is 2.32. The summed E-state index contributed by atoms with van der Waals surface area (Å²) in [6, 6.07) is 8.14. The number of fused-ring (bicyclic) bond motifs is 1. The summed E-state index contributed by atoms with van der Waals surface area (Å²) in [5, 5.41) is 3.17. The van der Waals surface area contributed by atoms with Crippen molar-refractivity contribution in [1.82, 2.24) is 10.2 Å². The van der Waals surface area contributed by atoms with Crippen molar-refractivity contribution in [3.63, 3.8) is 0 Å². The van der Waals surface area contributed by atoms with Crippen LogP contribution in [0.5, 0.6) is 0 Å². The molecule has 0 aliphatic carbocycles. The van der Waals surface area contributed by atoms with Gasteiger partial charge in [0.1, 0.15) is 4.99 Å². The predicted molar refractivity (Wildman–Crippen MR) is 87.4 cm³/mol. The number of nitrogens with zero attached hydrogens (tertiary/aromatic N) is 1. The van der Waals surface area contributed by atoms with E-state index >= 15 is 0 Å². The maximum Gasteiger partial charge on any atom is 0.251 e. The lowest BCUT2D eigenvalue weighted by Crippen LogP contribution is -2.47. The number of thiocarbonyl (C=S) groups is 1. The topological polar surface area (TPSA) is 58.4 Å². The highest BCUT2D eigenvalue weighted by molar-refractivity contribution is 7.80. The van der Waals surface area contributed by atoms with Gasteiger partial charge in [-0.2, -0.15) is 0 Å². The Kier molecular flexibility index (Phi) is 4.22. The summed E-state index contributed by atoms with van der Waals surface area (Å²) < 4.78 is 0. The van der Waals surface area contributed by atoms with Crippen LogP contribution in [0, 0.1) is 0 Å². The van der Waals surface area contributed by atoms with E-state index in [9.17, 15) is 4.79 Å². The minimum absolute atomic E-state index is 0.000867. The Labute approximate surface area is 130 Å². The quantitative estimate of drug-likeness (QED) is 0.834. The number of nitrogens with two attached hydrogens (primary N) is 1. The SMILES string of the molecule is NC(=S)c1ccc(C(=O)NC2CCN3CCCC3C2)cc1. The molecule has 2 fully saturated rings. The van der Waals surface area contributed by atoms with Crippen LogP contribution in [0.3, 0.4) is 0 Å². The molecule has 2 aliphatic heterocycles. The van der Waals surface area contributed by atoms with E-state index in [2.05, 4.69) is 10.2 Å². The van der Waals surface area contributed by atoms with Gasteiger partial charge in [-0.3, -0.25) is 4.79 Å². The lowest BCUT2D eigenvalue weighted by molar-refractivity contribution is 0.0896. The van der Waals surface area contributed by atoms with Crippen molar-refractivity contribution in [2.24, 2.45) is 5.73 Å². The zero-order valence-electron chi connectivity index (χ0n) is 12.0. The number of benzene rings is 1. The van der Waals surface area contributed by atoms with E-state index in [1.807, 2.05) is 0 Å². The average molecular weight is 303 g/mol. The van der Waals surface area contributed by atoms with Gasteiger partial charge in [0.05, 0.1) is 0 Å². The molecule has 3 N–H and O–H groups in total. The van der Waals surface area contributed by atoms with Gasteiger partial charge in [0.25, 0.3) is 5.91 Å². The summed E-state index contributed by atoms with van der Waals surface area (Å²) in [6.07, 6.45) is 4.70. The summed E-state index contributed by atoms with van der Waals surface area (Å²) in [7, 11) is 0. The summed E-state index contributed by atoms with van der Waals surface area (Å²) in [6.45, 7) is 2.34. The standard InChI is InChI=1S/C16H21N3OS/c17-15(21)11-3-5-12(6-4-11)16(20)18-13-7-9-19-8-1-2-14(19)10-13/h3-6,13-14H,1-2,7-10H2,(H2,17,21)(H,18,20). The third kappa shape index (κ3) is 3.24. The molecule has 0 bridgehead atoms. The summed E-state index contributed by atoms with van der Waals surface area (Å²) in [5.74, 6) is 0.000867. The molecule has 3 rings (SSSR count).